The molecule has 26 heavy (non-hydrogen) atoms. The second kappa shape index (κ2) is 7.56. The van der Waals surface area contributed by atoms with E-state index in [0.29, 0.717) is 17.9 Å². The summed E-state index contributed by atoms with van der Waals surface area (Å²) in [6, 6.07) is 17.9. The molecule has 1 aliphatic rings. The van der Waals surface area contributed by atoms with Gasteiger partial charge in [0.15, 0.2) is 5.79 Å². The fourth-order valence-electron chi connectivity index (χ4n) is 2.88. The van der Waals surface area contributed by atoms with Gasteiger partial charge in [0.2, 0.25) is 0 Å². The number of nitriles is 1. The fraction of sp³-hybridized carbons (Fsp3) is 0.300. The van der Waals surface area contributed by atoms with Gasteiger partial charge in [0, 0.05) is 0 Å². The predicted octanol–water partition coefficient (Wildman–Crippen LogP) is 3.57. The van der Waals surface area contributed by atoms with Crippen LogP contribution in [0.3, 0.4) is 0 Å². The van der Waals surface area contributed by atoms with Gasteiger partial charge in [-0.1, -0.05) is 42.5 Å². The number of para-hydroxylation sites is 1. The van der Waals surface area contributed by atoms with Crippen molar-refractivity contribution in [1.82, 2.24) is 5.32 Å². The van der Waals surface area contributed by atoms with Crippen molar-refractivity contribution in [3.63, 3.8) is 0 Å². The molecule has 2 unspecified atom stereocenters. The summed E-state index contributed by atoms with van der Waals surface area (Å²) in [5, 5.41) is 14.8. The van der Waals surface area contributed by atoms with Crippen molar-refractivity contribution in [2.75, 3.05) is 11.9 Å². The van der Waals surface area contributed by atoms with Gasteiger partial charge in [-0.2, -0.15) is 5.26 Å². The van der Waals surface area contributed by atoms with E-state index in [1.165, 1.54) is 0 Å². The Kier molecular flexibility index (Phi) is 5.21. The average Bonchev–Trinajstić information content (AvgIpc) is 2.64. The van der Waals surface area contributed by atoms with E-state index in [4.69, 9.17) is 14.7 Å². The number of nitrogens with one attached hydrogen (secondary N) is 2. The SMILES string of the molecule is CC1(C)OCC(NC(=O)Nc2ccccc2C#N)C(c2ccccc2)O1. The summed E-state index contributed by atoms with van der Waals surface area (Å²) in [7, 11) is 0. The largest absolute Gasteiger partial charge is 0.348 e. The molecule has 0 bridgehead atoms. The summed E-state index contributed by atoms with van der Waals surface area (Å²) in [5.74, 6) is -0.734. The van der Waals surface area contributed by atoms with E-state index >= 15 is 0 Å². The number of hydrogen-bond donors (Lipinski definition) is 2. The van der Waals surface area contributed by atoms with E-state index in [0.717, 1.165) is 5.56 Å². The van der Waals surface area contributed by atoms with Gasteiger partial charge in [-0.15, -0.1) is 0 Å². The lowest BCUT2D eigenvalue weighted by Crippen LogP contribution is -2.52. The van der Waals surface area contributed by atoms with Crippen LogP contribution in [0.25, 0.3) is 0 Å². The van der Waals surface area contributed by atoms with Gasteiger partial charge in [0.25, 0.3) is 0 Å². The highest BCUT2D eigenvalue weighted by molar-refractivity contribution is 5.91. The number of rotatable bonds is 3. The van der Waals surface area contributed by atoms with Gasteiger partial charge < -0.3 is 20.1 Å². The standard InChI is InChI=1S/C20H21N3O3/c1-20(2)25-13-17(18(26-20)14-8-4-3-5-9-14)23-19(24)22-16-11-7-6-10-15(16)12-21/h3-11,17-18H,13H2,1-2H3,(H2,22,23,24). The van der Waals surface area contributed by atoms with Crippen molar-refractivity contribution in [2.24, 2.45) is 0 Å². The Morgan fingerprint density at radius 1 is 1.15 bits per heavy atom. The van der Waals surface area contributed by atoms with Crippen molar-refractivity contribution >= 4 is 11.7 Å². The number of hydrogen-bond acceptors (Lipinski definition) is 4. The van der Waals surface area contributed by atoms with Gasteiger partial charge in [0.05, 0.1) is 23.9 Å². The van der Waals surface area contributed by atoms with E-state index in [9.17, 15) is 4.79 Å². The van der Waals surface area contributed by atoms with E-state index in [1.54, 1.807) is 24.3 Å². The van der Waals surface area contributed by atoms with E-state index < -0.39 is 11.8 Å². The maximum absolute atomic E-state index is 12.4. The van der Waals surface area contributed by atoms with Crippen LogP contribution < -0.4 is 10.6 Å². The van der Waals surface area contributed by atoms with Crippen LogP contribution >= 0.6 is 0 Å². The zero-order valence-corrected chi connectivity index (χ0v) is 14.7. The molecule has 2 amide bonds. The lowest BCUT2D eigenvalue weighted by Gasteiger charge is -2.41. The molecule has 1 saturated heterocycles. The molecule has 2 atom stereocenters. The minimum absolute atomic E-state index is 0.319. The Balaban J connectivity index is 1.74. The molecule has 6 nitrogen and oxygen atoms in total. The lowest BCUT2D eigenvalue weighted by atomic mass is 10.0. The van der Waals surface area contributed by atoms with Gasteiger partial charge in [-0.25, -0.2) is 4.79 Å². The van der Waals surface area contributed by atoms with Gasteiger partial charge >= 0.3 is 6.03 Å². The number of carbonyl (C=O) groups excluding carboxylic acids is 1. The summed E-state index contributed by atoms with van der Waals surface area (Å²) in [5.41, 5.74) is 1.83. The molecule has 134 valence electrons. The normalized spacial score (nSPS) is 21.4. The van der Waals surface area contributed by atoms with Crippen molar-refractivity contribution < 1.29 is 14.3 Å². The highest BCUT2D eigenvalue weighted by Crippen LogP contribution is 2.33. The quantitative estimate of drug-likeness (QED) is 0.885. The number of amides is 2. The summed E-state index contributed by atoms with van der Waals surface area (Å²) >= 11 is 0. The predicted molar refractivity (Wildman–Crippen MR) is 97.4 cm³/mol. The number of anilines is 1. The molecule has 0 spiro atoms. The smallest absolute Gasteiger partial charge is 0.319 e. The molecule has 2 aromatic carbocycles. The molecule has 0 aromatic heterocycles. The zero-order chi connectivity index (χ0) is 18.6. The maximum Gasteiger partial charge on any atom is 0.319 e. The number of urea groups is 1. The Bertz CT molecular complexity index is 815. The van der Waals surface area contributed by atoms with Crippen LogP contribution in [0.4, 0.5) is 10.5 Å². The third kappa shape index (κ3) is 4.20. The molecular formula is C20H21N3O3. The van der Waals surface area contributed by atoms with E-state index in [-0.39, 0.29) is 12.1 Å². The number of benzene rings is 2. The summed E-state index contributed by atoms with van der Waals surface area (Å²) in [6.45, 7) is 4.02. The lowest BCUT2D eigenvalue weighted by molar-refractivity contribution is -0.284. The average molecular weight is 351 g/mol. The Labute approximate surface area is 152 Å². The minimum atomic E-state index is -0.734. The molecule has 0 aliphatic carbocycles. The number of ether oxygens (including phenoxy) is 2. The maximum atomic E-state index is 12.4. The summed E-state index contributed by atoms with van der Waals surface area (Å²) in [6.07, 6.45) is -0.336. The first-order valence-electron chi connectivity index (χ1n) is 8.42. The molecule has 1 heterocycles. The first-order chi connectivity index (χ1) is 12.5. The van der Waals surface area contributed by atoms with Gasteiger partial charge in [-0.3, -0.25) is 0 Å². The minimum Gasteiger partial charge on any atom is -0.348 e. The van der Waals surface area contributed by atoms with Crippen molar-refractivity contribution in [3.05, 3.63) is 65.7 Å². The van der Waals surface area contributed by atoms with Crippen molar-refractivity contribution in [2.45, 2.75) is 31.8 Å². The van der Waals surface area contributed by atoms with Crippen LogP contribution in [-0.2, 0) is 9.47 Å². The molecule has 0 saturated carbocycles. The zero-order valence-electron chi connectivity index (χ0n) is 14.7. The first-order valence-corrected chi connectivity index (χ1v) is 8.42. The highest BCUT2D eigenvalue weighted by Gasteiger charge is 2.38. The van der Waals surface area contributed by atoms with E-state index in [2.05, 4.69) is 16.7 Å². The van der Waals surface area contributed by atoms with Crippen LogP contribution in [0.15, 0.2) is 54.6 Å². The Morgan fingerprint density at radius 3 is 2.58 bits per heavy atom. The third-order valence-corrected chi connectivity index (χ3v) is 4.13. The molecule has 2 aromatic rings. The Hall–Kier alpha value is -2.88. The molecule has 0 radical (unpaired) electrons. The van der Waals surface area contributed by atoms with Gasteiger partial charge in [0.1, 0.15) is 12.2 Å². The summed E-state index contributed by atoms with van der Waals surface area (Å²) < 4.78 is 11.8. The fourth-order valence-corrected chi connectivity index (χ4v) is 2.88. The van der Waals surface area contributed by atoms with Crippen LogP contribution in [-0.4, -0.2) is 24.5 Å². The van der Waals surface area contributed by atoms with E-state index in [1.807, 2.05) is 44.2 Å². The third-order valence-electron chi connectivity index (χ3n) is 4.13. The molecule has 3 rings (SSSR count). The topological polar surface area (TPSA) is 83.4 Å². The van der Waals surface area contributed by atoms with Crippen molar-refractivity contribution in [3.8, 4) is 6.07 Å². The highest BCUT2D eigenvalue weighted by atomic mass is 16.7. The number of carbonyl (C=O) groups is 1. The molecule has 6 heteroatoms. The van der Waals surface area contributed by atoms with Gasteiger partial charge in [-0.05, 0) is 31.5 Å². The second-order valence-electron chi connectivity index (χ2n) is 6.52. The summed E-state index contributed by atoms with van der Waals surface area (Å²) in [4.78, 5) is 12.4. The molecule has 2 N–H and O–H groups in total. The molecule has 1 aliphatic heterocycles. The van der Waals surface area contributed by atoms with Crippen LogP contribution in [0.5, 0.6) is 0 Å². The van der Waals surface area contributed by atoms with Crippen LogP contribution in [0, 0.1) is 11.3 Å². The van der Waals surface area contributed by atoms with Crippen LogP contribution in [0.2, 0.25) is 0 Å². The second-order valence-corrected chi connectivity index (χ2v) is 6.52. The van der Waals surface area contributed by atoms with Crippen molar-refractivity contribution in [1.29, 1.82) is 5.26 Å². The monoisotopic (exact) mass is 351 g/mol. The molecule has 1 fully saturated rings. The number of nitrogens with zero attached hydrogens (tertiary/aromatic N) is 1. The molecular weight excluding hydrogens is 330 g/mol. The first kappa shape index (κ1) is 17.9. The van der Waals surface area contributed by atoms with Crippen LogP contribution in [0.1, 0.15) is 31.1 Å². The Morgan fingerprint density at radius 2 is 1.85 bits per heavy atom.